The molecular weight excluding hydrogens is 247 g/mol. The molecule has 0 amide bonds. The van der Waals surface area contributed by atoms with Gasteiger partial charge in [-0.3, -0.25) is 0 Å². The number of rotatable bonds is 1. The van der Waals surface area contributed by atoms with Crippen LogP contribution < -0.4 is 5.32 Å². The van der Waals surface area contributed by atoms with E-state index in [1.807, 2.05) is 6.07 Å². The predicted octanol–water partition coefficient (Wildman–Crippen LogP) is 3.28. The van der Waals surface area contributed by atoms with E-state index in [-0.39, 0.29) is 5.82 Å². The molecule has 0 bridgehead atoms. The fourth-order valence-electron chi connectivity index (χ4n) is 2.86. The van der Waals surface area contributed by atoms with Crippen molar-refractivity contribution in [3.63, 3.8) is 0 Å². The maximum atomic E-state index is 13.2. The Morgan fingerprint density at radius 1 is 1.39 bits per heavy atom. The number of thiazole rings is 1. The average Bonchev–Trinajstić information content (AvgIpc) is 3.01. The number of nitrogens with zero attached hydrogens (tertiary/aromatic N) is 1. The molecule has 1 fully saturated rings. The van der Waals surface area contributed by atoms with Crippen LogP contribution in [0.1, 0.15) is 34.3 Å². The van der Waals surface area contributed by atoms with Gasteiger partial charge in [0.05, 0.1) is 11.7 Å². The highest BCUT2D eigenvalue weighted by Gasteiger charge is 2.27. The van der Waals surface area contributed by atoms with Crippen molar-refractivity contribution >= 4 is 11.3 Å². The molecule has 1 unspecified atom stereocenters. The van der Waals surface area contributed by atoms with Crippen molar-refractivity contribution < 1.29 is 4.39 Å². The molecule has 0 saturated carbocycles. The lowest BCUT2D eigenvalue weighted by Gasteiger charge is -2.05. The van der Waals surface area contributed by atoms with Crippen LogP contribution in [0.25, 0.3) is 11.3 Å². The number of halogens is 1. The van der Waals surface area contributed by atoms with Gasteiger partial charge in [-0.2, -0.15) is 0 Å². The molecule has 0 spiro atoms. The molecule has 18 heavy (non-hydrogen) atoms. The van der Waals surface area contributed by atoms with Crippen LogP contribution in [0.4, 0.5) is 4.39 Å². The number of nitrogens with one attached hydrogen (secondary N) is 1. The highest BCUT2D eigenvalue weighted by Crippen LogP contribution is 2.41. The monoisotopic (exact) mass is 260 g/mol. The lowest BCUT2D eigenvalue weighted by molar-refractivity contribution is 0.626. The van der Waals surface area contributed by atoms with E-state index in [4.69, 9.17) is 4.98 Å². The Morgan fingerprint density at radius 3 is 3.17 bits per heavy atom. The molecule has 1 aromatic heterocycles. The van der Waals surface area contributed by atoms with Gasteiger partial charge in [0.1, 0.15) is 10.8 Å². The zero-order valence-corrected chi connectivity index (χ0v) is 10.7. The van der Waals surface area contributed by atoms with Crippen molar-refractivity contribution in [2.45, 2.75) is 25.3 Å². The molecule has 1 aromatic carbocycles. The van der Waals surface area contributed by atoms with E-state index >= 15 is 0 Å². The topological polar surface area (TPSA) is 24.9 Å². The van der Waals surface area contributed by atoms with E-state index in [9.17, 15) is 4.39 Å². The Bertz CT molecular complexity index is 614. The fraction of sp³-hybridized carbons (Fsp3) is 0.357. The maximum absolute atomic E-state index is 13.2. The number of hydrogen-bond acceptors (Lipinski definition) is 3. The smallest absolute Gasteiger partial charge is 0.123 e. The number of benzene rings is 1. The van der Waals surface area contributed by atoms with Crippen molar-refractivity contribution in [2.75, 3.05) is 6.54 Å². The highest BCUT2D eigenvalue weighted by molar-refractivity contribution is 7.12. The summed E-state index contributed by atoms with van der Waals surface area (Å²) in [7, 11) is 0. The first-order chi connectivity index (χ1) is 8.81. The summed E-state index contributed by atoms with van der Waals surface area (Å²) in [5.74, 6) is -0.151. The standard InChI is InChI=1S/C14H13FN2S/c15-9-3-4-10-8(6-9)7-12-13(10)17-14(18-12)11-2-1-5-16-11/h3-4,6,11,16H,1-2,5,7H2. The quantitative estimate of drug-likeness (QED) is 0.726. The first kappa shape index (κ1) is 10.6. The van der Waals surface area contributed by atoms with Gasteiger partial charge < -0.3 is 5.32 Å². The molecule has 2 aromatic rings. The number of fused-ring (bicyclic) bond motifs is 3. The summed E-state index contributed by atoms with van der Waals surface area (Å²) < 4.78 is 13.2. The molecule has 2 aliphatic rings. The Labute approximate surface area is 109 Å². The van der Waals surface area contributed by atoms with E-state index in [0.29, 0.717) is 6.04 Å². The largest absolute Gasteiger partial charge is 0.308 e. The third-order valence-electron chi connectivity index (χ3n) is 3.75. The summed E-state index contributed by atoms with van der Waals surface area (Å²) in [6, 6.07) is 5.46. The lowest BCUT2D eigenvalue weighted by atomic mass is 10.1. The lowest BCUT2D eigenvalue weighted by Crippen LogP contribution is -2.12. The Hall–Kier alpha value is -1.26. The molecule has 1 saturated heterocycles. The third-order valence-corrected chi connectivity index (χ3v) is 4.91. The Balaban J connectivity index is 1.76. The Morgan fingerprint density at radius 2 is 2.33 bits per heavy atom. The van der Waals surface area contributed by atoms with Gasteiger partial charge in [0.25, 0.3) is 0 Å². The van der Waals surface area contributed by atoms with E-state index < -0.39 is 0 Å². The molecule has 4 rings (SSSR count). The first-order valence-corrected chi connectivity index (χ1v) is 7.15. The second kappa shape index (κ2) is 3.87. The van der Waals surface area contributed by atoms with Gasteiger partial charge in [0, 0.05) is 16.9 Å². The molecule has 0 radical (unpaired) electrons. The zero-order valence-electron chi connectivity index (χ0n) is 9.87. The van der Waals surface area contributed by atoms with Gasteiger partial charge in [-0.1, -0.05) is 0 Å². The number of hydrogen-bond donors (Lipinski definition) is 1. The van der Waals surface area contributed by atoms with Gasteiger partial charge >= 0.3 is 0 Å². The molecule has 2 heterocycles. The van der Waals surface area contributed by atoms with Crippen LogP contribution in [0.3, 0.4) is 0 Å². The second-order valence-corrected chi connectivity index (χ2v) is 6.07. The van der Waals surface area contributed by atoms with Crippen molar-refractivity contribution in [1.29, 1.82) is 0 Å². The first-order valence-electron chi connectivity index (χ1n) is 6.33. The average molecular weight is 260 g/mol. The van der Waals surface area contributed by atoms with Crippen molar-refractivity contribution in [1.82, 2.24) is 10.3 Å². The molecule has 92 valence electrons. The van der Waals surface area contributed by atoms with Crippen LogP contribution in [0, 0.1) is 5.82 Å². The number of aromatic nitrogens is 1. The van der Waals surface area contributed by atoms with Crippen LogP contribution in [-0.2, 0) is 6.42 Å². The summed E-state index contributed by atoms with van der Waals surface area (Å²) in [5, 5.41) is 4.68. The van der Waals surface area contributed by atoms with Gasteiger partial charge in [0.15, 0.2) is 0 Å². The Kier molecular flexibility index (Phi) is 2.29. The summed E-state index contributed by atoms with van der Waals surface area (Å²) in [4.78, 5) is 6.07. The minimum absolute atomic E-state index is 0.151. The van der Waals surface area contributed by atoms with Crippen LogP contribution in [-0.4, -0.2) is 11.5 Å². The fourth-order valence-corrected chi connectivity index (χ4v) is 4.07. The van der Waals surface area contributed by atoms with E-state index in [0.717, 1.165) is 29.8 Å². The molecular formula is C14H13FN2S. The van der Waals surface area contributed by atoms with Crippen molar-refractivity contribution in [3.8, 4) is 11.3 Å². The minimum Gasteiger partial charge on any atom is -0.308 e. The summed E-state index contributed by atoms with van der Waals surface area (Å²) in [6.07, 6.45) is 3.26. The molecule has 1 aliphatic carbocycles. The van der Waals surface area contributed by atoms with Gasteiger partial charge in [-0.05, 0) is 43.1 Å². The molecule has 4 heteroatoms. The van der Waals surface area contributed by atoms with Crippen molar-refractivity contribution in [3.05, 3.63) is 39.5 Å². The molecule has 1 atom stereocenters. The predicted molar refractivity (Wildman–Crippen MR) is 70.3 cm³/mol. The maximum Gasteiger partial charge on any atom is 0.123 e. The van der Waals surface area contributed by atoms with E-state index in [1.165, 1.54) is 28.8 Å². The van der Waals surface area contributed by atoms with Gasteiger partial charge in [0.2, 0.25) is 0 Å². The molecule has 1 N–H and O–H groups in total. The highest BCUT2D eigenvalue weighted by atomic mass is 32.1. The zero-order chi connectivity index (χ0) is 12.1. The second-order valence-electron chi connectivity index (χ2n) is 4.95. The molecule has 2 nitrogen and oxygen atoms in total. The third kappa shape index (κ3) is 1.52. The van der Waals surface area contributed by atoms with E-state index in [1.54, 1.807) is 17.4 Å². The van der Waals surface area contributed by atoms with Crippen LogP contribution in [0.2, 0.25) is 0 Å². The van der Waals surface area contributed by atoms with Crippen LogP contribution in [0.15, 0.2) is 18.2 Å². The minimum atomic E-state index is -0.151. The normalized spacial score (nSPS) is 21.1. The summed E-state index contributed by atoms with van der Waals surface area (Å²) in [5.41, 5.74) is 3.28. The van der Waals surface area contributed by atoms with E-state index in [2.05, 4.69) is 5.32 Å². The van der Waals surface area contributed by atoms with Crippen LogP contribution in [0.5, 0.6) is 0 Å². The summed E-state index contributed by atoms with van der Waals surface area (Å²) >= 11 is 1.79. The SMILES string of the molecule is Fc1ccc2c(c1)Cc1sc(C3CCCN3)nc1-2. The summed E-state index contributed by atoms with van der Waals surface area (Å²) in [6.45, 7) is 1.09. The molecule has 1 aliphatic heterocycles. The van der Waals surface area contributed by atoms with Crippen molar-refractivity contribution in [2.24, 2.45) is 0 Å². The van der Waals surface area contributed by atoms with Gasteiger partial charge in [-0.15, -0.1) is 11.3 Å². The van der Waals surface area contributed by atoms with Crippen LogP contribution >= 0.6 is 11.3 Å². The van der Waals surface area contributed by atoms with Gasteiger partial charge in [-0.25, -0.2) is 9.37 Å².